The topological polar surface area (TPSA) is 107 Å². The number of methoxy groups -OCH3 is 2. The Morgan fingerprint density at radius 1 is 1.11 bits per heavy atom. The molecule has 0 radical (unpaired) electrons. The van der Waals surface area contributed by atoms with Gasteiger partial charge in [0.1, 0.15) is 18.1 Å². The Bertz CT molecular complexity index is 1420. The Morgan fingerprint density at radius 3 is 2.43 bits per heavy atom. The van der Waals surface area contributed by atoms with Crippen molar-refractivity contribution >= 4 is 43.5 Å². The molecule has 0 atom stereocenters. The number of ether oxygens (including phenoxy) is 2. The average Bonchev–Trinajstić information content (AvgIpc) is 3.19. The van der Waals surface area contributed by atoms with Gasteiger partial charge in [-0.3, -0.25) is 9.59 Å². The Labute approximate surface area is 205 Å². The zero-order chi connectivity index (χ0) is 25.2. The van der Waals surface area contributed by atoms with Crippen LogP contribution in [0, 0.1) is 11.7 Å². The van der Waals surface area contributed by atoms with E-state index in [0.717, 1.165) is 16.8 Å². The number of carbonyl (C=O) groups is 2. The summed E-state index contributed by atoms with van der Waals surface area (Å²) in [6.07, 6.45) is 0.608. The van der Waals surface area contributed by atoms with Gasteiger partial charge in [-0.25, -0.2) is 12.8 Å². The molecule has 0 bridgehead atoms. The zero-order valence-electron chi connectivity index (χ0n) is 19.1. The van der Waals surface area contributed by atoms with Crippen molar-refractivity contribution in [1.82, 2.24) is 8.87 Å². The van der Waals surface area contributed by atoms with Crippen molar-refractivity contribution in [3.63, 3.8) is 0 Å². The summed E-state index contributed by atoms with van der Waals surface area (Å²) in [5, 5.41) is 0. The quantitative estimate of drug-likeness (QED) is 0.462. The number of thiazole rings is 1. The number of piperidine rings is 1. The van der Waals surface area contributed by atoms with Gasteiger partial charge in [-0.1, -0.05) is 11.3 Å². The highest BCUT2D eigenvalue weighted by Crippen LogP contribution is 2.26. The highest BCUT2D eigenvalue weighted by atomic mass is 32.2. The maximum absolute atomic E-state index is 13.2. The fourth-order valence-corrected chi connectivity index (χ4v) is 6.43. The minimum atomic E-state index is -3.77. The lowest BCUT2D eigenvalue weighted by atomic mass is 9.98. The van der Waals surface area contributed by atoms with Crippen molar-refractivity contribution in [2.45, 2.75) is 24.3 Å². The predicted octanol–water partition coefficient (Wildman–Crippen LogP) is 2.55. The summed E-state index contributed by atoms with van der Waals surface area (Å²) in [4.78, 5) is 29.7. The average molecular weight is 522 g/mol. The highest BCUT2D eigenvalue weighted by Gasteiger charge is 2.32. The van der Waals surface area contributed by atoms with E-state index in [1.807, 2.05) is 0 Å². The van der Waals surface area contributed by atoms with Gasteiger partial charge in [0, 0.05) is 19.0 Å². The monoisotopic (exact) mass is 521 g/mol. The molecule has 1 saturated heterocycles. The summed E-state index contributed by atoms with van der Waals surface area (Å²) in [5.74, 6) is -1.19. The molecule has 0 unspecified atom stereocenters. The highest BCUT2D eigenvalue weighted by molar-refractivity contribution is 7.89. The lowest BCUT2D eigenvalue weighted by molar-refractivity contribution is -0.141. The van der Waals surface area contributed by atoms with Crippen LogP contribution in [0.4, 0.5) is 4.39 Å². The van der Waals surface area contributed by atoms with Crippen LogP contribution in [0.1, 0.15) is 12.8 Å². The minimum Gasteiger partial charge on any atom is -0.497 e. The molecule has 9 nitrogen and oxygen atoms in total. The smallest absolute Gasteiger partial charge is 0.325 e. The molecule has 2 aromatic carbocycles. The van der Waals surface area contributed by atoms with Crippen LogP contribution < -0.4 is 9.54 Å². The lowest BCUT2D eigenvalue weighted by Crippen LogP contribution is -2.40. The summed E-state index contributed by atoms with van der Waals surface area (Å²) in [5.41, 5.74) is 0.716. The van der Waals surface area contributed by atoms with Gasteiger partial charge in [0.25, 0.3) is 5.91 Å². The van der Waals surface area contributed by atoms with Crippen molar-refractivity contribution in [3.05, 3.63) is 53.1 Å². The van der Waals surface area contributed by atoms with E-state index in [1.165, 1.54) is 34.9 Å². The molecule has 0 aliphatic carbocycles. The summed E-state index contributed by atoms with van der Waals surface area (Å²) >= 11 is 1.25. The Morgan fingerprint density at radius 2 is 1.80 bits per heavy atom. The SMILES string of the molecule is COC(=O)Cn1c(=NC(=O)C2CCN(S(=O)(=O)c3ccc(F)cc3)CC2)sc2cc(OC)ccc21. The molecular formula is C23H24FN3O6S2. The second-order valence-corrected chi connectivity index (χ2v) is 10.9. The molecule has 1 aliphatic heterocycles. The maximum atomic E-state index is 13.2. The van der Waals surface area contributed by atoms with E-state index in [0.29, 0.717) is 28.9 Å². The standard InChI is InChI=1S/C23H24FN3O6S2/c1-32-17-5-8-19-20(13-17)34-23(27(19)14-21(28)33-2)25-22(29)15-9-11-26(12-10-15)35(30,31)18-6-3-16(24)4-7-18/h3-8,13,15H,9-12,14H2,1-2H3. The molecule has 1 amide bonds. The van der Waals surface area contributed by atoms with Crippen LogP contribution in [0.2, 0.25) is 0 Å². The number of hydrogen-bond donors (Lipinski definition) is 0. The number of esters is 1. The van der Waals surface area contributed by atoms with Crippen LogP contribution in [-0.2, 0) is 30.9 Å². The first-order valence-corrected chi connectivity index (χ1v) is 13.1. The number of amides is 1. The molecule has 3 aromatic rings. The minimum absolute atomic E-state index is 0.0120. The van der Waals surface area contributed by atoms with Gasteiger partial charge in [0.05, 0.1) is 29.3 Å². The van der Waals surface area contributed by atoms with Crippen molar-refractivity contribution in [1.29, 1.82) is 0 Å². The van der Waals surface area contributed by atoms with E-state index in [-0.39, 0.29) is 30.4 Å². The fourth-order valence-electron chi connectivity index (χ4n) is 3.90. The lowest BCUT2D eigenvalue weighted by Gasteiger charge is -2.29. The molecule has 1 aliphatic rings. The van der Waals surface area contributed by atoms with Gasteiger partial charge in [-0.05, 0) is 55.3 Å². The van der Waals surface area contributed by atoms with E-state index in [9.17, 15) is 22.4 Å². The van der Waals surface area contributed by atoms with Crippen molar-refractivity contribution in [2.24, 2.45) is 10.9 Å². The number of benzene rings is 2. The first kappa shape index (κ1) is 25.0. The van der Waals surface area contributed by atoms with Gasteiger partial charge < -0.3 is 14.0 Å². The van der Waals surface area contributed by atoms with E-state index in [1.54, 1.807) is 29.9 Å². The fraction of sp³-hybridized carbons (Fsp3) is 0.348. The van der Waals surface area contributed by atoms with Gasteiger partial charge in [0.2, 0.25) is 10.0 Å². The molecule has 0 saturated carbocycles. The largest absolute Gasteiger partial charge is 0.497 e. The first-order valence-electron chi connectivity index (χ1n) is 10.8. The summed E-state index contributed by atoms with van der Waals surface area (Å²) in [6.45, 7) is 0.193. The van der Waals surface area contributed by atoms with Gasteiger partial charge >= 0.3 is 5.97 Å². The van der Waals surface area contributed by atoms with E-state index < -0.39 is 27.7 Å². The number of rotatable bonds is 6. The van der Waals surface area contributed by atoms with Crippen LogP contribution >= 0.6 is 11.3 Å². The van der Waals surface area contributed by atoms with Crippen molar-refractivity contribution in [3.8, 4) is 5.75 Å². The molecule has 4 rings (SSSR count). The summed E-state index contributed by atoms with van der Waals surface area (Å²) in [6, 6.07) is 10.0. The molecule has 35 heavy (non-hydrogen) atoms. The van der Waals surface area contributed by atoms with E-state index in [2.05, 4.69) is 4.99 Å². The molecule has 1 fully saturated rings. The summed E-state index contributed by atoms with van der Waals surface area (Å²) < 4.78 is 52.6. The number of nitrogens with zero attached hydrogens (tertiary/aromatic N) is 3. The molecule has 0 N–H and O–H groups in total. The number of halogens is 1. The van der Waals surface area contributed by atoms with Gasteiger partial charge in [-0.15, -0.1) is 0 Å². The Hall–Kier alpha value is -3.09. The number of sulfonamides is 1. The first-order chi connectivity index (χ1) is 16.7. The van der Waals surface area contributed by atoms with Crippen LogP contribution in [0.3, 0.4) is 0 Å². The number of aromatic nitrogens is 1. The second kappa shape index (κ2) is 10.3. The molecule has 0 spiro atoms. The van der Waals surface area contributed by atoms with Crippen LogP contribution in [0.15, 0.2) is 52.4 Å². The molecule has 186 valence electrons. The third-order valence-corrected chi connectivity index (χ3v) is 8.82. The number of fused-ring (bicyclic) bond motifs is 1. The second-order valence-electron chi connectivity index (χ2n) is 7.96. The Balaban J connectivity index is 1.55. The van der Waals surface area contributed by atoms with Crippen LogP contribution in [0.25, 0.3) is 10.2 Å². The molecule has 2 heterocycles. The van der Waals surface area contributed by atoms with E-state index in [4.69, 9.17) is 9.47 Å². The van der Waals surface area contributed by atoms with Crippen molar-refractivity contribution in [2.75, 3.05) is 27.3 Å². The zero-order valence-corrected chi connectivity index (χ0v) is 20.8. The number of hydrogen-bond acceptors (Lipinski definition) is 7. The third-order valence-electron chi connectivity index (χ3n) is 5.87. The predicted molar refractivity (Wildman–Crippen MR) is 127 cm³/mol. The summed E-state index contributed by atoms with van der Waals surface area (Å²) in [7, 11) is -0.936. The van der Waals surface area contributed by atoms with Crippen LogP contribution in [-0.4, -0.2) is 56.5 Å². The van der Waals surface area contributed by atoms with Crippen LogP contribution in [0.5, 0.6) is 5.75 Å². The van der Waals surface area contributed by atoms with Crippen molar-refractivity contribution < 1.29 is 31.9 Å². The van der Waals surface area contributed by atoms with E-state index >= 15 is 0 Å². The van der Waals surface area contributed by atoms with Gasteiger partial charge in [0.15, 0.2) is 4.80 Å². The molecular weight excluding hydrogens is 497 g/mol. The number of carbonyl (C=O) groups excluding carboxylic acids is 2. The maximum Gasteiger partial charge on any atom is 0.325 e. The molecule has 1 aromatic heterocycles. The Kier molecular flexibility index (Phi) is 7.33. The molecule has 12 heteroatoms. The van der Waals surface area contributed by atoms with Gasteiger partial charge in [-0.2, -0.15) is 9.30 Å². The third kappa shape index (κ3) is 5.29. The normalized spacial score (nSPS) is 15.9.